The van der Waals surface area contributed by atoms with Gasteiger partial charge in [-0.3, -0.25) is 4.98 Å². The van der Waals surface area contributed by atoms with Crippen LogP contribution in [-0.4, -0.2) is 4.98 Å². The molecule has 0 saturated heterocycles. The number of hydrogen-bond donors (Lipinski definition) is 2. The highest BCUT2D eigenvalue weighted by atomic mass is 79.9. The summed E-state index contributed by atoms with van der Waals surface area (Å²) < 4.78 is 1.09. The van der Waals surface area contributed by atoms with Crippen LogP contribution < -0.4 is 11.1 Å². The number of nitrogens with zero attached hydrogens (tertiary/aromatic N) is 1. The van der Waals surface area contributed by atoms with Gasteiger partial charge in [-0.25, -0.2) is 0 Å². The number of nitrogen functional groups attached to an aromatic ring is 1. The Labute approximate surface area is 109 Å². The molecule has 3 N–H and O–H groups in total. The molecule has 1 aromatic carbocycles. The zero-order chi connectivity index (χ0) is 12.3. The lowest BCUT2D eigenvalue weighted by atomic mass is 10.1. The van der Waals surface area contributed by atoms with E-state index < -0.39 is 0 Å². The summed E-state index contributed by atoms with van der Waals surface area (Å²) >= 11 is 3.47. The van der Waals surface area contributed by atoms with Crippen LogP contribution in [-0.2, 0) is 6.42 Å². The molecule has 0 amide bonds. The van der Waals surface area contributed by atoms with Gasteiger partial charge in [0.1, 0.15) is 0 Å². The molecule has 0 saturated carbocycles. The van der Waals surface area contributed by atoms with Gasteiger partial charge in [0, 0.05) is 16.4 Å². The topological polar surface area (TPSA) is 50.9 Å². The zero-order valence-electron chi connectivity index (χ0n) is 9.57. The fourth-order valence-corrected chi connectivity index (χ4v) is 2.07. The second-order valence-corrected chi connectivity index (χ2v) is 4.70. The van der Waals surface area contributed by atoms with Crippen LogP contribution in [0.2, 0.25) is 0 Å². The third-order valence-corrected chi connectivity index (χ3v) is 2.98. The molecule has 4 heteroatoms. The lowest BCUT2D eigenvalue weighted by Gasteiger charge is -2.11. The average Bonchev–Trinajstić information content (AvgIpc) is 2.31. The largest absolute Gasteiger partial charge is 0.397 e. The van der Waals surface area contributed by atoms with Gasteiger partial charge in [0.25, 0.3) is 0 Å². The molecule has 0 aliphatic carbocycles. The fourth-order valence-electron chi connectivity index (χ4n) is 1.66. The summed E-state index contributed by atoms with van der Waals surface area (Å²) in [4.78, 5) is 4.06. The van der Waals surface area contributed by atoms with Crippen LogP contribution in [0.4, 0.5) is 17.1 Å². The lowest BCUT2D eigenvalue weighted by molar-refractivity contribution is 1.14. The van der Waals surface area contributed by atoms with Crippen LogP contribution >= 0.6 is 15.9 Å². The number of aryl methyl sites for hydroxylation is 1. The predicted octanol–water partition coefficient (Wildman–Crippen LogP) is 3.73. The molecule has 2 rings (SSSR count). The number of hydrogen-bond acceptors (Lipinski definition) is 3. The summed E-state index contributed by atoms with van der Waals surface area (Å²) in [5.41, 5.74) is 9.60. The number of benzene rings is 1. The molecular weight excluding hydrogens is 278 g/mol. The minimum absolute atomic E-state index is 0.658. The quantitative estimate of drug-likeness (QED) is 0.906. The summed E-state index contributed by atoms with van der Waals surface area (Å²) in [7, 11) is 0. The maximum atomic E-state index is 5.70. The Morgan fingerprint density at radius 3 is 2.82 bits per heavy atom. The van der Waals surface area contributed by atoms with Crippen molar-refractivity contribution in [1.82, 2.24) is 4.98 Å². The van der Waals surface area contributed by atoms with Gasteiger partial charge in [0.15, 0.2) is 0 Å². The van der Waals surface area contributed by atoms with Crippen LogP contribution in [0.3, 0.4) is 0 Å². The lowest BCUT2D eigenvalue weighted by Crippen LogP contribution is -1.97. The van der Waals surface area contributed by atoms with Gasteiger partial charge >= 0.3 is 0 Å². The highest BCUT2D eigenvalue weighted by molar-refractivity contribution is 9.10. The Bertz CT molecular complexity index is 526. The minimum atomic E-state index is 0.658. The summed E-state index contributed by atoms with van der Waals surface area (Å²) in [5, 5.41) is 3.33. The van der Waals surface area contributed by atoms with E-state index in [1.54, 1.807) is 12.4 Å². The van der Waals surface area contributed by atoms with Crippen LogP contribution in [0.1, 0.15) is 12.5 Å². The second-order valence-electron chi connectivity index (χ2n) is 3.79. The first-order valence-electron chi connectivity index (χ1n) is 5.45. The molecule has 0 unspecified atom stereocenters. The van der Waals surface area contributed by atoms with Crippen LogP contribution in [0, 0.1) is 0 Å². The highest BCUT2D eigenvalue weighted by Gasteiger charge is 2.02. The van der Waals surface area contributed by atoms with Crippen molar-refractivity contribution in [3.05, 3.63) is 46.7 Å². The standard InChI is InChI=1S/C13H14BrN3/c1-2-9-5-10(14)3-4-13(9)17-12-6-11(15)7-16-8-12/h3-8,17H,2,15H2,1H3. The zero-order valence-corrected chi connectivity index (χ0v) is 11.2. The molecule has 2 aromatic rings. The molecule has 0 fully saturated rings. The van der Waals surface area contributed by atoms with E-state index in [0.29, 0.717) is 5.69 Å². The van der Waals surface area contributed by atoms with Crippen molar-refractivity contribution < 1.29 is 0 Å². The van der Waals surface area contributed by atoms with E-state index in [1.807, 2.05) is 18.2 Å². The van der Waals surface area contributed by atoms with Crippen molar-refractivity contribution in [1.29, 1.82) is 0 Å². The number of aromatic nitrogens is 1. The Morgan fingerprint density at radius 2 is 2.12 bits per heavy atom. The van der Waals surface area contributed by atoms with Crippen molar-refractivity contribution in [2.24, 2.45) is 0 Å². The number of nitrogens with two attached hydrogens (primary N) is 1. The first-order chi connectivity index (χ1) is 8.19. The monoisotopic (exact) mass is 291 g/mol. The van der Waals surface area contributed by atoms with Crippen molar-refractivity contribution in [2.45, 2.75) is 13.3 Å². The summed E-state index contributed by atoms with van der Waals surface area (Å²) in [5.74, 6) is 0. The molecular formula is C13H14BrN3. The van der Waals surface area contributed by atoms with Gasteiger partial charge in [0.05, 0.1) is 17.6 Å². The Kier molecular flexibility index (Phi) is 3.64. The number of anilines is 3. The van der Waals surface area contributed by atoms with Gasteiger partial charge in [0.2, 0.25) is 0 Å². The maximum absolute atomic E-state index is 5.70. The molecule has 1 aromatic heterocycles. The minimum Gasteiger partial charge on any atom is -0.397 e. The van der Waals surface area contributed by atoms with E-state index in [1.165, 1.54) is 5.56 Å². The van der Waals surface area contributed by atoms with E-state index >= 15 is 0 Å². The molecule has 0 radical (unpaired) electrons. The molecule has 0 spiro atoms. The molecule has 1 heterocycles. The molecule has 3 nitrogen and oxygen atoms in total. The summed E-state index contributed by atoms with van der Waals surface area (Å²) in [6.45, 7) is 2.13. The molecule has 0 aliphatic rings. The normalized spacial score (nSPS) is 10.2. The van der Waals surface area contributed by atoms with E-state index in [4.69, 9.17) is 5.73 Å². The van der Waals surface area contributed by atoms with Crippen molar-refractivity contribution >= 4 is 33.0 Å². The van der Waals surface area contributed by atoms with Gasteiger partial charge in [-0.2, -0.15) is 0 Å². The molecule has 88 valence electrons. The Balaban J connectivity index is 2.29. The van der Waals surface area contributed by atoms with Gasteiger partial charge in [-0.05, 0) is 36.2 Å². The van der Waals surface area contributed by atoms with E-state index in [0.717, 1.165) is 22.3 Å². The van der Waals surface area contributed by atoms with E-state index in [2.05, 4.69) is 39.2 Å². The third-order valence-electron chi connectivity index (χ3n) is 2.49. The first kappa shape index (κ1) is 11.9. The third kappa shape index (κ3) is 2.97. The molecule has 0 aliphatic heterocycles. The Morgan fingerprint density at radius 1 is 1.29 bits per heavy atom. The molecule has 0 bridgehead atoms. The van der Waals surface area contributed by atoms with Crippen molar-refractivity contribution in [3.63, 3.8) is 0 Å². The Hall–Kier alpha value is -1.55. The molecule has 0 atom stereocenters. The van der Waals surface area contributed by atoms with Crippen molar-refractivity contribution in [2.75, 3.05) is 11.1 Å². The SMILES string of the molecule is CCc1cc(Br)ccc1Nc1cncc(N)c1. The van der Waals surface area contributed by atoms with Crippen LogP contribution in [0.15, 0.2) is 41.1 Å². The average molecular weight is 292 g/mol. The number of halogens is 1. The van der Waals surface area contributed by atoms with Crippen LogP contribution in [0.25, 0.3) is 0 Å². The number of rotatable bonds is 3. The van der Waals surface area contributed by atoms with Gasteiger partial charge in [-0.15, -0.1) is 0 Å². The van der Waals surface area contributed by atoms with Gasteiger partial charge in [-0.1, -0.05) is 22.9 Å². The van der Waals surface area contributed by atoms with Gasteiger partial charge < -0.3 is 11.1 Å². The predicted molar refractivity (Wildman–Crippen MR) is 75.5 cm³/mol. The van der Waals surface area contributed by atoms with Crippen molar-refractivity contribution in [3.8, 4) is 0 Å². The van der Waals surface area contributed by atoms with Crippen LogP contribution in [0.5, 0.6) is 0 Å². The number of nitrogens with one attached hydrogen (secondary N) is 1. The smallest absolute Gasteiger partial charge is 0.0591 e. The maximum Gasteiger partial charge on any atom is 0.0591 e. The fraction of sp³-hybridized carbons (Fsp3) is 0.154. The summed E-state index contributed by atoms with van der Waals surface area (Å²) in [6, 6.07) is 8.05. The number of pyridine rings is 1. The molecule has 17 heavy (non-hydrogen) atoms. The second kappa shape index (κ2) is 5.19. The summed E-state index contributed by atoms with van der Waals surface area (Å²) in [6.07, 6.45) is 4.36. The van der Waals surface area contributed by atoms with E-state index in [-0.39, 0.29) is 0 Å². The highest BCUT2D eigenvalue weighted by Crippen LogP contribution is 2.25. The van der Waals surface area contributed by atoms with E-state index in [9.17, 15) is 0 Å². The first-order valence-corrected chi connectivity index (χ1v) is 6.24.